The van der Waals surface area contributed by atoms with Crippen LogP contribution in [0.5, 0.6) is 0 Å². The average molecular weight is 209 g/mol. The highest BCUT2D eigenvalue weighted by atomic mass is 19.1. The molecule has 1 aromatic rings. The molecular weight excluding hydrogens is 193 g/mol. The molecular formula is C12H16FNO. The molecule has 2 nitrogen and oxygen atoms in total. The first-order valence-corrected chi connectivity index (χ1v) is 5.36. The van der Waals surface area contributed by atoms with Gasteiger partial charge in [-0.25, -0.2) is 4.39 Å². The fraction of sp³-hybridized carbons (Fsp3) is 0.500. The van der Waals surface area contributed by atoms with E-state index in [9.17, 15) is 4.39 Å². The summed E-state index contributed by atoms with van der Waals surface area (Å²) < 4.78 is 18.4. The van der Waals surface area contributed by atoms with Crippen molar-refractivity contribution < 1.29 is 9.13 Å². The van der Waals surface area contributed by atoms with Gasteiger partial charge in [-0.1, -0.05) is 12.1 Å². The highest BCUT2D eigenvalue weighted by molar-refractivity contribution is 5.19. The van der Waals surface area contributed by atoms with Gasteiger partial charge in [-0.05, 0) is 43.0 Å². The summed E-state index contributed by atoms with van der Waals surface area (Å²) >= 11 is 0. The largest absolute Gasteiger partial charge is 0.374 e. The van der Waals surface area contributed by atoms with E-state index in [4.69, 9.17) is 10.5 Å². The Bertz CT molecular complexity index is 312. The van der Waals surface area contributed by atoms with E-state index >= 15 is 0 Å². The second-order valence-corrected chi connectivity index (χ2v) is 4.04. The zero-order valence-corrected chi connectivity index (χ0v) is 8.66. The van der Waals surface area contributed by atoms with E-state index in [1.165, 1.54) is 12.1 Å². The maximum absolute atomic E-state index is 12.7. The van der Waals surface area contributed by atoms with E-state index in [0.717, 1.165) is 25.0 Å². The maximum Gasteiger partial charge on any atom is 0.123 e. The third-order valence-electron chi connectivity index (χ3n) is 2.97. The lowest BCUT2D eigenvalue weighted by Gasteiger charge is -2.29. The van der Waals surface area contributed by atoms with Crippen LogP contribution in [0.3, 0.4) is 0 Å². The highest BCUT2D eigenvalue weighted by Gasteiger charge is 2.22. The molecule has 1 aliphatic heterocycles. The monoisotopic (exact) mass is 209 g/mol. The first-order valence-electron chi connectivity index (χ1n) is 5.36. The van der Waals surface area contributed by atoms with Gasteiger partial charge in [0.05, 0.1) is 6.10 Å². The molecule has 0 amide bonds. The van der Waals surface area contributed by atoms with E-state index in [0.29, 0.717) is 12.5 Å². The molecule has 3 heteroatoms. The lowest BCUT2D eigenvalue weighted by molar-refractivity contribution is -0.00836. The molecule has 0 aliphatic carbocycles. The van der Waals surface area contributed by atoms with Crippen LogP contribution in [0.25, 0.3) is 0 Å². The summed E-state index contributed by atoms with van der Waals surface area (Å²) in [5, 5.41) is 0. The Morgan fingerprint density at radius 1 is 1.33 bits per heavy atom. The maximum atomic E-state index is 12.7. The number of ether oxygens (including phenoxy) is 1. The number of hydrogen-bond acceptors (Lipinski definition) is 2. The van der Waals surface area contributed by atoms with Crippen LogP contribution in [0.2, 0.25) is 0 Å². The van der Waals surface area contributed by atoms with Crippen molar-refractivity contribution in [3.05, 3.63) is 35.6 Å². The zero-order valence-electron chi connectivity index (χ0n) is 8.66. The van der Waals surface area contributed by atoms with Gasteiger partial charge in [0.15, 0.2) is 0 Å². The van der Waals surface area contributed by atoms with Gasteiger partial charge in [-0.3, -0.25) is 0 Å². The summed E-state index contributed by atoms with van der Waals surface area (Å²) in [5.74, 6) is 0.332. The predicted octanol–water partition coefficient (Wildman–Crippen LogP) is 2.25. The van der Waals surface area contributed by atoms with Crippen LogP contribution in [0.4, 0.5) is 4.39 Å². The Balaban J connectivity index is 2.06. The summed E-state index contributed by atoms with van der Waals surface area (Å²) in [6.07, 6.45) is 2.07. The van der Waals surface area contributed by atoms with Gasteiger partial charge >= 0.3 is 0 Å². The van der Waals surface area contributed by atoms with Gasteiger partial charge in [-0.15, -0.1) is 0 Å². The first kappa shape index (κ1) is 10.6. The fourth-order valence-electron chi connectivity index (χ4n) is 1.99. The molecule has 2 N–H and O–H groups in total. The molecule has 0 spiro atoms. The van der Waals surface area contributed by atoms with Gasteiger partial charge in [-0.2, -0.15) is 0 Å². The van der Waals surface area contributed by atoms with Crippen LogP contribution in [0, 0.1) is 11.7 Å². The van der Waals surface area contributed by atoms with Crippen molar-refractivity contribution in [3.8, 4) is 0 Å². The second kappa shape index (κ2) is 4.73. The Labute approximate surface area is 89.2 Å². The molecule has 15 heavy (non-hydrogen) atoms. The van der Waals surface area contributed by atoms with Crippen molar-refractivity contribution in [3.63, 3.8) is 0 Å². The smallest absolute Gasteiger partial charge is 0.123 e. The molecule has 0 radical (unpaired) electrons. The number of halogens is 1. The van der Waals surface area contributed by atoms with Gasteiger partial charge in [0.2, 0.25) is 0 Å². The Hall–Kier alpha value is -0.930. The molecule has 2 rings (SSSR count). The number of benzene rings is 1. The molecule has 0 aromatic heterocycles. The van der Waals surface area contributed by atoms with Crippen molar-refractivity contribution in [2.24, 2.45) is 11.7 Å². The SMILES string of the molecule is NCC1CCOC(c2ccc(F)cc2)C1. The second-order valence-electron chi connectivity index (χ2n) is 4.04. The number of nitrogens with two attached hydrogens (primary N) is 1. The van der Waals surface area contributed by atoms with E-state index in [2.05, 4.69) is 0 Å². The summed E-state index contributed by atoms with van der Waals surface area (Å²) in [6, 6.07) is 6.54. The van der Waals surface area contributed by atoms with Crippen molar-refractivity contribution in [1.29, 1.82) is 0 Å². The van der Waals surface area contributed by atoms with E-state index in [1.807, 2.05) is 0 Å². The fourth-order valence-corrected chi connectivity index (χ4v) is 1.99. The van der Waals surface area contributed by atoms with E-state index in [1.54, 1.807) is 12.1 Å². The van der Waals surface area contributed by atoms with Crippen LogP contribution in [-0.2, 0) is 4.74 Å². The zero-order chi connectivity index (χ0) is 10.7. The lowest BCUT2D eigenvalue weighted by atomic mass is 9.92. The van der Waals surface area contributed by atoms with Crippen LogP contribution < -0.4 is 5.73 Å². The Morgan fingerprint density at radius 3 is 2.73 bits per heavy atom. The van der Waals surface area contributed by atoms with Gasteiger partial charge in [0.1, 0.15) is 5.82 Å². The van der Waals surface area contributed by atoms with Crippen LogP contribution in [0.15, 0.2) is 24.3 Å². The quantitative estimate of drug-likeness (QED) is 0.810. The number of hydrogen-bond donors (Lipinski definition) is 1. The molecule has 1 saturated heterocycles. The van der Waals surface area contributed by atoms with E-state index in [-0.39, 0.29) is 11.9 Å². The van der Waals surface area contributed by atoms with Crippen LogP contribution in [-0.4, -0.2) is 13.2 Å². The summed E-state index contributed by atoms with van der Waals surface area (Å²) in [7, 11) is 0. The molecule has 1 aliphatic rings. The minimum atomic E-state index is -0.204. The average Bonchev–Trinajstić information content (AvgIpc) is 2.30. The van der Waals surface area contributed by atoms with Crippen molar-refractivity contribution in [2.75, 3.05) is 13.2 Å². The Kier molecular flexibility index (Phi) is 3.34. The summed E-state index contributed by atoms with van der Waals surface area (Å²) in [5.41, 5.74) is 6.70. The normalized spacial score (nSPS) is 26.5. The van der Waals surface area contributed by atoms with Gasteiger partial charge < -0.3 is 10.5 Å². The lowest BCUT2D eigenvalue weighted by Crippen LogP contribution is -2.25. The number of rotatable bonds is 2. The van der Waals surface area contributed by atoms with Crippen LogP contribution >= 0.6 is 0 Å². The molecule has 82 valence electrons. The summed E-state index contributed by atoms with van der Waals surface area (Å²) in [4.78, 5) is 0. The third-order valence-corrected chi connectivity index (χ3v) is 2.97. The molecule has 1 fully saturated rings. The third kappa shape index (κ3) is 2.55. The molecule has 0 bridgehead atoms. The summed E-state index contributed by atoms with van der Waals surface area (Å²) in [6.45, 7) is 1.46. The standard InChI is InChI=1S/C12H16FNO/c13-11-3-1-10(2-4-11)12-7-9(8-14)5-6-15-12/h1-4,9,12H,5-8,14H2. The van der Waals surface area contributed by atoms with Gasteiger partial charge in [0.25, 0.3) is 0 Å². The minimum absolute atomic E-state index is 0.0906. The Morgan fingerprint density at radius 2 is 2.07 bits per heavy atom. The minimum Gasteiger partial charge on any atom is -0.374 e. The molecule has 1 aromatic carbocycles. The van der Waals surface area contributed by atoms with Gasteiger partial charge in [0, 0.05) is 6.61 Å². The van der Waals surface area contributed by atoms with Crippen LogP contribution in [0.1, 0.15) is 24.5 Å². The molecule has 1 heterocycles. The van der Waals surface area contributed by atoms with E-state index < -0.39 is 0 Å². The van der Waals surface area contributed by atoms with Crippen molar-refractivity contribution in [2.45, 2.75) is 18.9 Å². The molecule has 2 atom stereocenters. The molecule has 2 unspecified atom stereocenters. The topological polar surface area (TPSA) is 35.2 Å². The highest BCUT2D eigenvalue weighted by Crippen LogP contribution is 2.30. The predicted molar refractivity (Wildman–Crippen MR) is 56.9 cm³/mol. The first-order chi connectivity index (χ1) is 7.29. The molecule has 0 saturated carbocycles. The van der Waals surface area contributed by atoms with Crippen molar-refractivity contribution >= 4 is 0 Å². The van der Waals surface area contributed by atoms with Crippen molar-refractivity contribution in [1.82, 2.24) is 0 Å².